The van der Waals surface area contributed by atoms with Gasteiger partial charge in [0.2, 0.25) is 0 Å². The van der Waals surface area contributed by atoms with Crippen LogP contribution < -0.4 is 11.1 Å². The molecule has 0 aliphatic carbocycles. The summed E-state index contributed by atoms with van der Waals surface area (Å²) < 4.78 is 0. The Morgan fingerprint density at radius 3 is 2.40 bits per heavy atom. The molecule has 0 aliphatic heterocycles. The number of anilines is 2. The summed E-state index contributed by atoms with van der Waals surface area (Å²) in [7, 11) is 0. The topological polar surface area (TPSA) is 50.9 Å². The molecule has 1 heterocycles. The molecule has 2 rings (SSSR count). The molecule has 20 heavy (non-hydrogen) atoms. The Morgan fingerprint density at radius 1 is 1.15 bits per heavy atom. The van der Waals surface area contributed by atoms with E-state index in [0.29, 0.717) is 5.92 Å². The molecule has 0 radical (unpaired) electrons. The Morgan fingerprint density at radius 2 is 1.80 bits per heavy atom. The van der Waals surface area contributed by atoms with E-state index >= 15 is 0 Å². The average molecular weight is 269 g/mol. The van der Waals surface area contributed by atoms with Crippen molar-refractivity contribution >= 4 is 11.5 Å². The molecule has 0 amide bonds. The largest absolute Gasteiger partial charge is 0.397 e. The number of rotatable bonds is 5. The molecular formula is C17H23N3. The summed E-state index contributed by atoms with van der Waals surface area (Å²) in [4.78, 5) is 4.27. The maximum Gasteiger partial charge on any atom is 0.126 e. The van der Waals surface area contributed by atoms with Gasteiger partial charge in [-0.25, -0.2) is 4.98 Å². The van der Waals surface area contributed by atoms with Gasteiger partial charge in [-0.15, -0.1) is 0 Å². The highest BCUT2D eigenvalue weighted by Crippen LogP contribution is 2.15. The molecule has 0 saturated carbocycles. The minimum Gasteiger partial charge on any atom is -0.397 e. The van der Waals surface area contributed by atoms with E-state index in [9.17, 15) is 0 Å². The van der Waals surface area contributed by atoms with Gasteiger partial charge in [-0.05, 0) is 42.0 Å². The first-order chi connectivity index (χ1) is 9.54. The van der Waals surface area contributed by atoms with E-state index in [2.05, 4.69) is 48.4 Å². The van der Waals surface area contributed by atoms with Crippen LogP contribution in [-0.4, -0.2) is 4.98 Å². The molecule has 3 N–H and O–H groups in total. The number of pyridine rings is 1. The van der Waals surface area contributed by atoms with Crippen LogP contribution in [0, 0.1) is 12.8 Å². The summed E-state index contributed by atoms with van der Waals surface area (Å²) in [6.07, 6.45) is 2.83. The van der Waals surface area contributed by atoms with Gasteiger partial charge >= 0.3 is 0 Å². The van der Waals surface area contributed by atoms with Crippen molar-refractivity contribution in [1.82, 2.24) is 4.98 Å². The first-order valence-electron chi connectivity index (χ1n) is 7.08. The fourth-order valence-corrected chi connectivity index (χ4v) is 2.12. The first kappa shape index (κ1) is 14.4. The van der Waals surface area contributed by atoms with Crippen LogP contribution in [0.4, 0.5) is 11.5 Å². The maximum absolute atomic E-state index is 5.76. The van der Waals surface area contributed by atoms with Crippen molar-refractivity contribution in [3.05, 3.63) is 53.2 Å². The molecule has 0 saturated heterocycles. The van der Waals surface area contributed by atoms with E-state index in [4.69, 9.17) is 5.73 Å². The van der Waals surface area contributed by atoms with Crippen LogP contribution >= 0.6 is 0 Å². The molecule has 2 aromatic rings. The molecule has 0 bridgehead atoms. The lowest BCUT2D eigenvalue weighted by molar-refractivity contribution is 0.647. The Hall–Kier alpha value is -2.03. The van der Waals surface area contributed by atoms with Crippen LogP contribution in [0.5, 0.6) is 0 Å². The minimum atomic E-state index is 0.695. The molecule has 0 unspecified atom stereocenters. The molecule has 0 aliphatic rings. The predicted molar refractivity (Wildman–Crippen MR) is 85.7 cm³/mol. The summed E-state index contributed by atoms with van der Waals surface area (Å²) in [5.41, 5.74) is 10.2. The maximum atomic E-state index is 5.76. The second-order valence-electron chi connectivity index (χ2n) is 5.69. The lowest BCUT2D eigenvalue weighted by atomic mass is 10.0. The zero-order chi connectivity index (χ0) is 14.5. The highest BCUT2D eigenvalue weighted by molar-refractivity contribution is 5.51. The lowest BCUT2D eigenvalue weighted by Gasteiger charge is -2.09. The lowest BCUT2D eigenvalue weighted by Crippen LogP contribution is -2.03. The Balaban J connectivity index is 1.95. The van der Waals surface area contributed by atoms with Gasteiger partial charge in [-0.3, -0.25) is 0 Å². The highest BCUT2D eigenvalue weighted by Gasteiger charge is 2.00. The van der Waals surface area contributed by atoms with Gasteiger partial charge in [0.25, 0.3) is 0 Å². The molecule has 0 fully saturated rings. The second kappa shape index (κ2) is 6.42. The van der Waals surface area contributed by atoms with Crippen molar-refractivity contribution in [3.63, 3.8) is 0 Å². The van der Waals surface area contributed by atoms with Gasteiger partial charge in [0.1, 0.15) is 5.82 Å². The number of hydrogen-bond acceptors (Lipinski definition) is 3. The monoisotopic (exact) mass is 269 g/mol. The van der Waals surface area contributed by atoms with Crippen LogP contribution in [-0.2, 0) is 13.0 Å². The third kappa shape index (κ3) is 3.98. The van der Waals surface area contributed by atoms with E-state index < -0.39 is 0 Å². The van der Waals surface area contributed by atoms with Gasteiger partial charge in [0.05, 0.1) is 11.9 Å². The number of nitrogens with one attached hydrogen (secondary N) is 1. The van der Waals surface area contributed by atoms with Crippen molar-refractivity contribution in [1.29, 1.82) is 0 Å². The smallest absolute Gasteiger partial charge is 0.126 e. The van der Waals surface area contributed by atoms with Crippen molar-refractivity contribution < 1.29 is 0 Å². The number of benzene rings is 1. The summed E-state index contributed by atoms with van der Waals surface area (Å²) in [6, 6.07) is 10.7. The first-order valence-corrected chi connectivity index (χ1v) is 7.08. The summed E-state index contributed by atoms with van der Waals surface area (Å²) >= 11 is 0. The molecule has 1 aromatic heterocycles. The molecule has 3 nitrogen and oxygen atoms in total. The number of aromatic nitrogens is 1. The number of hydrogen-bond donors (Lipinski definition) is 2. The van der Waals surface area contributed by atoms with E-state index in [1.54, 1.807) is 6.20 Å². The van der Waals surface area contributed by atoms with Crippen molar-refractivity contribution in [2.24, 2.45) is 5.92 Å². The van der Waals surface area contributed by atoms with Crippen molar-refractivity contribution in [2.45, 2.75) is 33.7 Å². The van der Waals surface area contributed by atoms with Gasteiger partial charge < -0.3 is 11.1 Å². The zero-order valence-corrected chi connectivity index (χ0v) is 12.5. The summed E-state index contributed by atoms with van der Waals surface area (Å²) in [6.45, 7) is 7.25. The van der Waals surface area contributed by atoms with Crippen molar-refractivity contribution in [3.8, 4) is 0 Å². The fraction of sp³-hybridized carbons (Fsp3) is 0.353. The van der Waals surface area contributed by atoms with Gasteiger partial charge in [-0.2, -0.15) is 0 Å². The molecular weight excluding hydrogens is 246 g/mol. The normalized spacial score (nSPS) is 10.8. The quantitative estimate of drug-likeness (QED) is 0.868. The standard InChI is InChI=1S/C17H23N3/c1-12(2)8-14-4-6-15(7-5-14)10-19-17-9-13(3)16(18)11-20-17/h4-7,9,11-12H,8,10,18H2,1-3H3,(H,19,20). The summed E-state index contributed by atoms with van der Waals surface area (Å²) in [5.74, 6) is 1.56. The Bertz CT molecular complexity index is 559. The number of nitrogen functional groups attached to an aromatic ring is 1. The SMILES string of the molecule is Cc1cc(NCc2ccc(CC(C)C)cc2)ncc1N. The minimum absolute atomic E-state index is 0.695. The van der Waals surface area contributed by atoms with Crippen LogP contribution in [0.1, 0.15) is 30.5 Å². The van der Waals surface area contributed by atoms with Crippen LogP contribution in [0.15, 0.2) is 36.5 Å². The number of nitrogens with two attached hydrogens (primary N) is 1. The summed E-state index contributed by atoms with van der Waals surface area (Å²) in [5, 5.41) is 3.32. The Labute approximate surface area is 121 Å². The average Bonchev–Trinajstić information content (AvgIpc) is 2.41. The van der Waals surface area contributed by atoms with Gasteiger partial charge in [-0.1, -0.05) is 38.1 Å². The van der Waals surface area contributed by atoms with E-state index in [0.717, 1.165) is 30.0 Å². The van der Waals surface area contributed by atoms with E-state index in [1.807, 2.05) is 13.0 Å². The Kier molecular flexibility index (Phi) is 4.61. The predicted octanol–water partition coefficient (Wildman–Crippen LogP) is 3.78. The fourth-order valence-electron chi connectivity index (χ4n) is 2.12. The third-order valence-electron chi connectivity index (χ3n) is 3.29. The van der Waals surface area contributed by atoms with E-state index in [-0.39, 0.29) is 0 Å². The highest BCUT2D eigenvalue weighted by atomic mass is 15.0. The van der Waals surface area contributed by atoms with Crippen LogP contribution in [0.25, 0.3) is 0 Å². The molecule has 106 valence electrons. The molecule has 1 aromatic carbocycles. The number of aryl methyl sites for hydroxylation is 1. The molecule has 0 spiro atoms. The zero-order valence-electron chi connectivity index (χ0n) is 12.5. The third-order valence-corrected chi connectivity index (χ3v) is 3.29. The second-order valence-corrected chi connectivity index (χ2v) is 5.69. The van der Waals surface area contributed by atoms with Gasteiger partial charge in [0.15, 0.2) is 0 Å². The van der Waals surface area contributed by atoms with E-state index in [1.165, 1.54) is 11.1 Å². The molecule has 3 heteroatoms. The molecule has 0 atom stereocenters. The van der Waals surface area contributed by atoms with Crippen LogP contribution in [0.3, 0.4) is 0 Å². The van der Waals surface area contributed by atoms with Crippen molar-refractivity contribution in [2.75, 3.05) is 11.1 Å². The van der Waals surface area contributed by atoms with Crippen LogP contribution in [0.2, 0.25) is 0 Å². The number of nitrogens with zero attached hydrogens (tertiary/aromatic N) is 1. The van der Waals surface area contributed by atoms with Gasteiger partial charge in [0, 0.05) is 6.54 Å².